The molecule has 18 heavy (non-hydrogen) atoms. The molecule has 2 nitrogen and oxygen atoms in total. The van der Waals surface area contributed by atoms with E-state index in [9.17, 15) is 0 Å². The molecule has 1 atom stereocenters. The number of likely N-dealkylation sites (N-methyl/N-ethyl adjacent to an activating group) is 1. The van der Waals surface area contributed by atoms with Crippen molar-refractivity contribution < 1.29 is 0 Å². The molecule has 2 heteroatoms. The Morgan fingerprint density at radius 1 is 1.17 bits per heavy atom. The Labute approximate surface area is 111 Å². The van der Waals surface area contributed by atoms with Crippen molar-refractivity contribution in [3.05, 3.63) is 34.9 Å². The average Bonchev–Trinajstić information content (AvgIpc) is 2.51. The zero-order chi connectivity index (χ0) is 13.0. The Morgan fingerprint density at radius 2 is 1.89 bits per heavy atom. The molecule has 1 aromatic carbocycles. The number of nitrogens with one attached hydrogen (secondary N) is 1. The summed E-state index contributed by atoms with van der Waals surface area (Å²) in [6, 6.07) is 7.64. The third-order valence-electron chi connectivity index (χ3n) is 3.88. The van der Waals surface area contributed by atoms with Crippen molar-refractivity contribution in [3.63, 3.8) is 0 Å². The molecule has 0 bridgehead atoms. The Kier molecular flexibility index (Phi) is 4.79. The second kappa shape index (κ2) is 6.35. The fraction of sp³-hybridized carbons (Fsp3) is 0.625. The van der Waals surface area contributed by atoms with E-state index in [0.717, 1.165) is 13.1 Å². The molecule has 0 fully saturated rings. The lowest BCUT2D eigenvalue weighted by Gasteiger charge is -2.18. The fourth-order valence-corrected chi connectivity index (χ4v) is 2.73. The molecular formula is C16H26N2. The average molecular weight is 246 g/mol. The van der Waals surface area contributed by atoms with Crippen LogP contribution in [0.25, 0.3) is 0 Å². The standard InChI is InChI=1S/C16H26N2/c1-13-4-5-14-6-8-16(9-7-15(14)12-13)17-10-11-18(2)3/h4-5,12,16-17H,6-11H2,1-3H3. The molecule has 0 saturated heterocycles. The van der Waals surface area contributed by atoms with Crippen molar-refractivity contribution in [2.75, 3.05) is 27.2 Å². The molecule has 1 aliphatic rings. The molecule has 0 spiro atoms. The zero-order valence-electron chi connectivity index (χ0n) is 12.0. The normalized spacial score (nSPS) is 19.7. The van der Waals surface area contributed by atoms with Crippen LogP contribution in [-0.2, 0) is 12.8 Å². The summed E-state index contributed by atoms with van der Waals surface area (Å²) >= 11 is 0. The first-order valence-corrected chi connectivity index (χ1v) is 7.11. The van der Waals surface area contributed by atoms with E-state index in [1.165, 1.54) is 31.2 Å². The summed E-state index contributed by atoms with van der Waals surface area (Å²) in [5.41, 5.74) is 4.54. The van der Waals surface area contributed by atoms with E-state index < -0.39 is 0 Å². The summed E-state index contributed by atoms with van der Waals surface area (Å²) in [6.45, 7) is 4.42. The van der Waals surface area contributed by atoms with Gasteiger partial charge in [-0.2, -0.15) is 0 Å². The van der Waals surface area contributed by atoms with Crippen LogP contribution in [0, 0.1) is 6.92 Å². The van der Waals surface area contributed by atoms with E-state index in [1.54, 1.807) is 11.1 Å². The van der Waals surface area contributed by atoms with Crippen molar-refractivity contribution in [1.29, 1.82) is 0 Å². The summed E-state index contributed by atoms with van der Waals surface area (Å²) in [5.74, 6) is 0. The summed E-state index contributed by atoms with van der Waals surface area (Å²) in [4.78, 5) is 2.24. The number of hydrogen-bond donors (Lipinski definition) is 1. The smallest absolute Gasteiger partial charge is 0.0101 e. The van der Waals surface area contributed by atoms with Crippen LogP contribution in [0.5, 0.6) is 0 Å². The molecule has 0 aromatic heterocycles. The van der Waals surface area contributed by atoms with Crippen molar-refractivity contribution >= 4 is 0 Å². The lowest BCUT2D eigenvalue weighted by molar-refractivity contribution is 0.372. The third kappa shape index (κ3) is 3.82. The lowest BCUT2D eigenvalue weighted by Crippen LogP contribution is -2.35. The molecule has 0 aliphatic heterocycles. The van der Waals surface area contributed by atoms with Crippen LogP contribution in [0.1, 0.15) is 29.5 Å². The van der Waals surface area contributed by atoms with E-state index in [-0.39, 0.29) is 0 Å². The summed E-state index contributed by atoms with van der Waals surface area (Å²) in [6.07, 6.45) is 5.03. The maximum atomic E-state index is 3.70. The van der Waals surface area contributed by atoms with Crippen LogP contribution in [0.2, 0.25) is 0 Å². The first kappa shape index (κ1) is 13.6. The van der Waals surface area contributed by atoms with Gasteiger partial charge in [0.05, 0.1) is 0 Å². The Hall–Kier alpha value is -0.860. The fourth-order valence-electron chi connectivity index (χ4n) is 2.73. The molecule has 1 aromatic rings. The highest BCUT2D eigenvalue weighted by Crippen LogP contribution is 2.21. The van der Waals surface area contributed by atoms with Crippen LogP contribution < -0.4 is 5.32 Å². The van der Waals surface area contributed by atoms with E-state index >= 15 is 0 Å². The minimum absolute atomic E-state index is 0.692. The number of benzene rings is 1. The van der Waals surface area contributed by atoms with Crippen molar-refractivity contribution in [2.24, 2.45) is 0 Å². The van der Waals surface area contributed by atoms with Crippen LogP contribution in [0.3, 0.4) is 0 Å². The minimum Gasteiger partial charge on any atom is -0.313 e. The summed E-state index contributed by atoms with van der Waals surface area (Å²) < 4.78 is 0. The summed E-state index contributed by atoms with van der Waals surface area (Å²) in [5, 5.41) is 3.70. The Balaban J connectivity index is 1.87. The topological polar surface area (TPSA) is 15.3 Å². The molecule has 1 aliphatic carbocycles. The highest BCUT2D eigenvalue weighted by molar-refractivity contribution is 5.32. The quantitative estimate of drug-likeness (QED) is 0.821. The van der Waals surface area contributed by atoms with Crippen molar-refractivity contribution in [1.82, 2.24) is 10.2 Å². The molecule has 0 saturated carbocycles. The molecule has 0 amide bonds. The molecular weight excluding hydrogens is 220 g/mol. The molecule has 2 rings (SSSR count). The van der Waals surface area contributed by atoms with Gasteiger partial charge in [0.25, 0.3) is 0 Å². The number of aryl methyl sites for hydroxylation is 3. The largest absolute Gasteiger partial charge is 0.313 e. The number of fused-ring (bicyclic) bond motifs is 1. The highest BCUT2D eigenvalue weighted by atomic mass is 15.1. The van der Waals surface area contributed by atoms with Gasteiger partial charge in [0, 0.05) is 19.1 Å². The van der Waals surface area contributed by atoms with E-state index in [1.807, 2.05) is 0 Å². The predicted octanol–water partition coefficient (Wildman–Crippen LogP) is 2.39. The first-order chi connectivity index (χ1) is 8.65. The Morgan fingerprint density at radius 3 is 2.61 bits per heavy atom. The second-order valence-corrected chi connectivity index (χ2v) is 5.80. The van der Waals surface area contributed by atoms with Gasteiger partial charge in [-0.25, -0.2) is 0 Å². The van der Waals surface area contributed by atoms with Gasteiger partial charge in [-0.3, -0.25) is 0 Å². The number of nitrogens with zero attached hydrogens (tertiary/aromatic N) is 1. The van der Waals surface area contributed by atoms with Crippen molar-refractivity contribution in [2.45, 2.75) is 38.6 Å². The van der Waals surface area contributed by atoms with E-state index in [2.05, 4.69) is 49.4 Å². The molecule has 0 radical (unpaired) electrons. The van der Waals surface area contributed by atoms with Gasteiger partial charge in [0.2, 0.25) is 0 Å². The van der Waals surface area contributed by atoms with Crippen LogP contribution in [-0.4, -0.2) is 38.1 Å². The van der Waals surface area contributed by atoms with Gasteiger partial charge in [-0.1, -0.05) is 23.8 Å². The van der Waals surface area contributed by atoms with Gasteiger partial charge in [-0.05, 0) is 57.8 Å². The van der Waals surface area contributed by atoms with Gasteiger partial charge in [-0.15, -0.1) is 0 Å². The monoisotopic (exact) mass is 246 g/mol. The SMILES string of the molecule is Cc1ccc2c(c1)CCC(NCCN(C)C)CC2. The lowest BCUT2D eigenvalue weighted by atomic mass is 10.0. The Bertz CT molecular complexity index is 385. The van der Waals surface area contributed by atoms with Crippen LogP contribution in [0.15, 0.2) is 18.2 Å². The first-order valence-electron chi connectivity index (χ1n) is 7.11. The predicted molar refractivity (Wildman–Crippen MR) is 78.2 cm³/mol. The van der Waals surface area contributed by atoms with Crippen molar-refractivity contribution in [3.8, 4) is 0 Å². The molecule has 100 valence electrons. The van der Waals surface area contributed by atoms with E-state index in [0.29, 0.717) is 6.04 Å². The van der Waals surface area contributed by atoms with Gasteiger partial charge in [0.15, 0.2) is 0 Å². The summed E-state index contributed by atoms with van der Waals surface area (Å²) in [7, 11) is 4.26. The maximum Gasteiger partial charge on any atom is 0.0101 e. The number of hydrogen-bond acceptors (Lipinski definition) is 2. The second-order valence-electron chi connectivity index (χ2n) is 5.80. The number of rotatable bonds is 4. The highest BCUT2D eigenvalue weighted by Gasteiger charge is 2.15. The van der Waals surface area contributed by atoms with Gasteiger partial charge in [0.1, 0.15) is 0 Å². The molecule has 0 heterocycles. The molecule has 1 unspecified atom stereocenters. The minimum atomic E-state index is 0.692. The third-order valence-corrected chi connectivity index (χ3v) is 3.88. The zero-order valence-corrected chi connectivity index (χ0v) is 12.0. The van der Waals surface area contributed by atoms with E-state index in [4.69, 9.17) is 0 Å². The van der Waals surface area contributed by atoms with Crippen LogP contribution >= 0.6 is 0 Å². The van der Waals surface area contributed by atoms with Crippen LogP contribution in [0.4, 0.5) is 0 Å². The van der Waals surface area contributed by atoms with Gasteiger partial charge < -0.3 is 10.2 Å². The molecule has 1 N–H and O–H groups in total. The maximum absolute atomic E-state index is 3.70. The van der Waals surface area contributed by atoms with Gasteiger partial charge >= 0.3 is 0 Å².